The molecule has 0 saturated carbocycles. The number of carbonyl (C=O) groups excluding carboxylic acids is 1. The second kappa shape index (κ2) is 7.81. The predicted molar refractivity (Wildman–Crippen MR) is 67.6 cm³/mol. The highest BCUT2D eigenvalue weighted by Gasteiger charge is 2.06. The monoisotopic (exact) mass is 236 g/mol. The lowest BCUT2D eigenvalue weighted by Gasteiger charge is -2.14. The van der Waals surface area contributed by atoms with Crippen LogP contribution < -0.4 is 10.6 Å². The van der Waals surface area contributed by atoms with Crippen LogP contribution in [0.25, 0.3) is 0 Å². The highest BCUT2D eigenvalue weighted by atomic mass is 16.5. The van der Waals surface area contributed by atoms with Crippen LogP contribution in [0, 0.1) is 0 Å². The number of carbonyl (C=O) groups is 1. The molecule has 17 heavy (non-hydrogen) atoms. The van der Waals surface area contributed by atoms with Gasteiger partial charge in [-0.1, -0.05) is 30.3 Å². The molecular formula is C13H20N2O2. The lowest BCUT2D eigenvalue weighted by molar-refractivity contribution is -0.121. The number of amides is 1. The Morgan fingerprint density at radius 2 is 2.06 bits per heavy atom. The molecule has 1 rings (SSSR count). The molecule has 4 heteroatoms. The van der Waals surface area contributed by atoms with E-state index in [1.807, 2.05) is 37.3 Å². The highest BCUT2D eigenvalue weighted by molar-refractivity contribution is 5.78. The summed E-state index contributed by atoms with van der Waals surface area (Å²) in [7, 11) is 1.75. The van der Waals surface area contributed by atoms with E-state index in [0.29, 0.717) is 19.8 Å². The summed E-state index contributed by atoms with van der Waals surface area (Å²) in [6, 6.07) is 10.0. The van der Waals surface area contributed by atoms with E-state index < -0.39 is 0 Å². The van der Waals surface area contributed by atoms with Crippen molar-refractivity contribution in [3.63, 3.8) is 0 Å². The molecular weight excluding hydrogens is 216 g/mol. The number of likely N-dealkylation sites (N-methyl/N-ethyl adjacent to an activating group) is 1. The maximum Gasteiger partial charge on any atom is 0.234 e. The summed E-state index contributed by atoms with van der Waals surface area (Å²) in [6.07, 6.45) is 0. The number of hydrogen-bond acceptors (Lipinski definition) is 3. The third-order valence-corrected chi connectivity index (χ3v) is 2.22. The quantitative estimate of drug-likeness (QED) is 0.740. The van der Waals surface area contributed by atoms with Crippen molar-refractivity contribution >= 4 is 5.91 Å². The van der Waals surface area contributed by atoms with E-state index in [9.17, 15) is 4.79 Å². The van der Waals surface area contributed by atoms with Gasteiger partial charge in [0.2, 0.25) is 5.91 Å². The van der Waals surface area contributed by atoms with Crippen LogP contribution in [0.5, 0.6) is 0 Å². The first-order valence-corrected chi connectivity index (χ1v) is 5.78. The van der Waals surface area contributed by atoms with Crippen LogP contribution in [-0.2, 0) is 16.1 Å². The predicted octanol–water partition coefficient (Wildman–Crippen LogP) is 0.927. The third-order valence-electron chi connectivity index (χ3n) is 2.22. The molecule has 94 valence electrons. The second-order valence-corrected chi connectivity index (χ2v) is 4.00. The zero-order chi connectivity index (χ0) is 12.5. The summed E-state index contributed by atoms with van der Waals surface area (Å²) < 4.78 is 5.53. The Labute approximate surface area is 102 Å². The SMILES string of the molecule is CNCC(=O)NC(C)COCc1ccccc1. The molecule has 0 aliphatic carbocycles. The lowest BCUT2D eigenvalue weighted by Crippen LogP contribution is -2.40. The number of benzene rings is 1. The molecule has 1 aromatic carbocycles. The molecule has 0 spiro atoms. The van der Waals surface area contributed by atoms with Gasteiger partial charge in [-0.2, -0.15) is 0 Å². The van der Waals surface area contributed by atoms with Crippen LogP contribution in [0.15, 0.2) is 30.3 Å². The minimum absolute atomic E-state index is 0.0108. The van der Waals surface area contributed by atoms with Gasteiger partial charge in [0.15, 0.2) is 0 Å². The Morgan fingerprint density at radius 1 is 1.35 bits per heavy atom. The summed E-state index contributed by atoms with van der Waals surface area (Å²) in [4.78, 5) is 11.3. The Hall–Kier alpha value is -1.39. The fraction of sp³-hybridized carbons (Fsp3) is 0.462. The molecule has 2 N–H and O–H groups in total. The smallest absolute Gasteiger partial charge is 0.234 e. The van der Waals surface area contributed by atoms with Crippen LogP contribution in [0.4, 0.5) is 0 Å². The van der Waals surface area contributed by atoms with Crippen molar-refractivity contribution < 1.29 is 9.53 Å². The van der Waals surface area contributed by atoms with Crippen molar-refractivity contribution in [3.8, 4) is 0 Å². The Balaban J connectivity index is 2.16. The maximum absolute atomic E-state index is 11.3. The van der Waals surface area contributed by atoms with E-state index in [2.05, 4.69) is 10.6 Å². The summed E-state index contributed by atoms with van der Waals surface area (Å²) in [5.74, 6) is -0.0108. The molecule has 0 fully saturated rings. The fourth-order valence-corrected chi connectivity index (χ4v) is 1.46. The van der Waals surface area contributed by atoms with Gasteiger partial charge in [-0.25, -0.2) is 0 Å². The van der Waals surface area contributed by atoms with Gasteiger partial charge in [-0.15, -0.1) is 0 Å². The normalized spacial score (nSPS) is 12.1. The molecule has 1 aromatic rings. The minimum atomic E-state index is -0.0108. The van der Waals surface area contributed by atoms with Crippen molar-refractivity contribution in [2.75, 3.05) is 20.2 Å². The molecule has 4 nitrogen and oxygen atoms in total. The van der Waals surface area contributed by atoms with E-state index in [4.69, 9.17) is 4.74 Å². The minimum Gasteiger partial charge on any atom is -0.375 e. The number of hydrogen-bond donors (Lipinski definition) is 2. The number of ether oxygens (including phenoxy) is 1. The van der Waals surface area contributed by atoms with Crippen molar-refractivity contribution in [3.05, 3.63) is 35.9 Å². The molecule has 0 aliphatic rings. The first-order chi connectivity index (χ1) is 8.22. The molecule has 1 atom stereocenters. The molecule has 0 aliphatic heterocycles. The average molecular weight is 236 g/mol. The molecule has 0 aromatic heterocycles. The van der Waals surface area contributed by atoms with Crippen molar-refractivity contribution in [1.29, 1.82) is 0 Å². The second-order valence-electron chi connectivity index (χ2n) is 4.00. The largest absolute Gasteiger partial charge is 0.375 e. The first kappa shape index (κ1) is 13.7. The van der Waals surface area contributed by atoms with E-state index >= 15 is 0 Å². The Morgan fingerprint density at radius 3 is 2.71 bits per heavy atom. The standard InChI is InChI=1S/C13H20N2O2/c1-11(15-13(16)8-14-2)9-17-10-12-6-4-3-5-7-12/h3-7,11,14H,8-10H2,1-2H3,(H,15,16). The van der Waals surface area contributed by atoms with Gasteiger partial charge in [0.25, 0.3) is 0 Å². The summed E-state index contributed by atoms with van der Waals surface area (Å²) in [5.41, 5.74) is 1.14. The zero-order valence-corrected chi connectivity index (χ0v) is 10.4. The molecule has 1 unspecified atom stereocenters. The Bertz CT molecular complexity index is 327. The lowest BCUT2D eigenvalue weighted by atomic mass is 10.2. The van der Waals surface area contributed by atoms with Crippen molar-refractivity contribution in [2.45, 2.75) is 19.6 Å². The molecule has 1 amide bonds. The average Bonchev–Trinajstić information content (AvgIpc) is 2.30. The highest BCUT2D eigenvalue weighted by Crippen LogP contribution is 2.00. The fourth-order valence-electron chi connectivity index (χ4n) is 1.46. The molecule has 0 saturated heterocycles. The summed E-state index contributed by atoms with van der Waals surface area (Å²) in [6.45, 7) is 3.36. The van der Waals surface area contributed by atoms with E-state index in [1.54, 1.807) is 7.05 Å². The number of nitrogens with one attached hydrogen (secondary N) is 2. The Kier molecular flexibility index (Phi) is 6.29. The number of rotatable bonds is 7. The summed E-state index contributed by atoms with van der Waals surface area (Å²) in [5, 5.41) is 5.64. The van der Waals surface area contributed by atoms with Gasteiger partial charge in [-0.3, -0.25) is 4.79 Å². The van der Waals surface area contributed by atoms with E-state index in [-0.39, 0.29) is 11.9 Å². The zero-order valence-electron chi connectivity index (χ0n) is 10.4. The maximum atomic E-state index is 11.3. The van der Waals surface area contributed by atoms with Crippen LogP contribution in [0.3, 0.4) is 0 Å². The molecule has 0 bridgehead atoms. The van der Waals surface area contributed by atoms with E-state index in [0.717, 1.165) is 5.56 Å². The molecule has 0 radical (unpaired) electrons. The van der Waals surface area contributed by atoms with Crippen LogP contribution in [0.1, 0.15) is 12.5 Å². The summed E-state index contributed by atoms with van der Waals surface area (Å²) >= 11 is 0. The topological polar surface area (TPSA) is 50.4 Å². The van der Waals surface area contributed by atoms with Crippen molar-refractivity contribution in [2.24, 2.45) is 0 Å². The van der Waals surface area contributed by atoms with Crippen LogP contribution >= 0.6 is 0 Å². The van der Waals surface area contributed by atoms with Gasteiger partial charge in [0.1, 0.15) is 0 Å². The first-order valence-electron chi connectivity index (χ1n) is 5.78. The van der Waals surface area contributed by atoms with Gasteiger partial charge >= 0.3 is 0 Å². The van der Waals surface area contributed by atoms with E-state index in [1.165, 1.54) is 0 Å². The van der Waals surface area contributed by atoms with Crippen LogP contribution in [0.2, 0.25) is 0 Å². The van der Waals surface area contributed by atoms with Crippen LogP contribution in [-0.4, -0.2) is 32.1 Å². The van der Waals surface area contributed by atoms with Crippen molar-refractivity contribution in [1.82, 2.24) is 10.6 Å². The molecule has 0 heterocycles. The third kappa shape index (κ3) is 6.04. The van der Waals surface area contributed by atoms with Gasteiger partial charge < -0.3 is 15.4 Å². The van der Waals surface area contributed by atoms with Gasteiger partial charge in [-0.05, 0) is 19.5 Å². The van der Waals surface area contributed by atoms with Gasteiger partial charge in [0.05, 0.1) is 19.8 Å². The van der Waals surface area contributed by atoms with Gasteiger partial charge in [0, 0.05) is 6.04 Å².